The Kier molecular flexibility index (Phi) is 5.62. The molecule has 0 spiro atoms. The van der Waals surface area contributed by atoms with Crippen molar-refractivity contribution < 1.29 is 20.1 Å². The number of aliphatic hydroxyl groups is 3. The molecule has 6 nitrogen and oxygen atoms in total. The third-order valence-electron chi connectivity index (χ3n) is 7.27. The molecular formula is C21H32N2O4. The average molecular weight is 376 g/mol. The van der Waals surface area contributed by atoms with Gasteiger partial charge >= 0.3 is 0 Å². The highest BCUT2D eigenvalue weighted by atomic mass is 16.3. The number of hydrogen-bond donors (Lipinski definition) is 4. The van der Waals surface area contributed by atoms with Crippen molar-refractivity contribution in [3.8, 4) is 0 Å². The standard InChI is InChI=1S/C21H32N2O4/c1-13-5-4-6-18(22-13)23-19(27)11-14-15(25)7-8-16-20(14,2)10-9-17(26)21(16,3)12-24/h4-6,14-17,24-26H,7-12H2,1-3H3,(H,22,23,27)/t14-,15+,16-,17+,20-,21-/m0/s1. The summed E-state index contributed by atoms with van der Waals surface area (Å²) in [7, 11) is 0. The van der Waals surface area contributed by atoms with Crippen LogP contribution in [0, 0.1) is 29.6 Å². The first-order chi connectivity index (χ1) is 12.7. The molecule has 2 aliphatic carbocycles. The smallest absolute Gasteiger partial charge is 0.225 e. The number of rotatable bonds is 4. The van der Waals surface area contributed by atoms with Crippen molar-refractivity contribution in [2.75, 3.05) is 11.9 Å². The summed E-state index contributed by atoms with van der Waals surface area (Å²) in [6.07, 6.45) is 1.76. The number of fused-ring (bicyclic) bond motifs is 1. The Morgan fingerprint density at radius 3 is 2.67 bits per heavy atom. The first-order valence-corrected chi connectivity index (χ1v) is 9.91. The van der Waals surface area contributed by atoms with E-state index in [2.05, 4.69) is 17.2 Å². The SMILES string of the molecule is Cc1cccc(NC(=O)C[C@H]2[C@H](O)CC[C@@H]3[C@](C)(CO)[C@H](O)CC[C@]32C)n1. The fraction of sp³-hybridized carbons (Fsp3) is 0.714. The Bertz CT molecular complexity index is 697. The molecule has 1 heterocycles. The Labute approximate surface area is 161 Å². The summed E-state index contributed by atoms with van der Waals surface area (Å²) in [4.78, 5) is 17.0. The van der Waals surface area contributed by atoms with E-state index in [0.717, 1.165) is 18.5 Å². The van der Waals surface area contributed by atoms with Crippen molar-refractivity contribution in [1.82, 2.24) is 4.98 Å². The lowest BCUT2D eigenvalue weighted by atomic mass is 9.46. The van der Waals surface area contributed by atoms with E-state index in [4.69, 9.17) is 0 Å². The molecule has 0 saturated heterocycles. The Hall–Kier alpha value is -1.50. The fourth-order valence-electron chi connectivity index (χ4n) is 5.61. The number of aliphatic hydroxyl groups excluding tert-OH is 3. The molecular weight excluding hydrogens is 344 g/mol. The molecule has 4 N–H and O–H groups in total. The van der Waals surface area contributed by atoms with Crippen molar-refractivity contribution in [1.29, 1.82) is 0 Å². The molecule has 1 aromatic rings. The van der Waals surface area contributed by atoms with Gasteiger partial charge in [-0.3, -0.25) is 4.79 Å². The first kappa shape index (κ1) is 20.2. The van der Waals surface area contributed by atoms with Crippen molar-refractivity contribution >= 4 is 11.7 Å². The van der Waals surface area contributed by atoms with Crippen LogP contribution in [0.5, 0.6) is 0 Å². The molecule has 6 atom stereocenters. The highest BCUT2D eigenvalue weighted by Crippen LogP contribution is 2.60. The van der Waals surface area contributed by atoms with Gasteiger partial charge in [0.25, 0.3) is 0 Å². The van der Waals surface area contributed by atoms with Crippen LogP contribution in [-0.4, -0.2) is 45.0 Å². The topological polar surface area (TPSA) is 103 Å². The maximum Gasteiger partial charge on any atom is 0.225 e. The minimum atomic E-state index is -0.597. The maximum atomic E-state index is 12.7. The molecule has 27 heavy (non-hydrogen) atoms. The predicted octanol–water partition coefficient (Wildman–Crippen LogP) is 2.27. The van der Waals surface area contributed by atoms with Gasteiger partial charge in [0, 0.05) is 17.5 Å². The Morgan fingerprint density at radius 1 is 1.26 bits per heavy atom. The molecule has 1 aromatic heterocycles. The van der Waals surface area contributed by atoms with Crippen molar-refractivity contribution in [2.45, 2.75) is 65.1 Å². The van der Waals surface area contributed by atoms with Crippen LogP contribution >= 0.6 is 0 Å². The minimum absolute atomic E-state index is 0.0667. The monoisotopic (exact) mass is 376 g/mol. The highest BCUT2D eigenvalue weighted by molar-refractivity contribution is 5.90. The van der Waals surface area contributed by atoms with Gasteiger partial charge in [-0.1, -0.05) is 19.9 Å². The number of nitrogens with zero attached hydrogens (tertiary/aromatic N) is 1. The van der Waals surface area contributed by atoms with Gasteiger partial charge in [-0.2, -0.15) is 0 Å². The number of anilines is 1. The second-order valence-electron chi connectivity index (χ2n) is 8.94. The van der Waals surface area contributed by atoms with Crippen LogP contribution in [0.3, 0.4) is 0 Å². The summed E-state index contributed by atoms with van der Waals surface area (Å²) in [5, 5.41) is 34.1. The lowest BCUT2D eigenvalue weighted by molar-refractivity contribution is -0.185. The van der Waals surface area contributed by atoms with Gasteiger partial charge in [0.1, 0.15) is 5.82 Å². The summed E-state index contributed by atoms with van der Waals surface area (Å²) in [5.74, 6) is 0.221. The molecule has 0 aromatic carbocycles. The molecule has 6 heteroatoms. The molecule has 150 valence electrons. The van der Waals surface area contributed by atoms with Crippen LogP contribution in [-0.2, 0) is 4.79 Å². The average Bonchev–Trinajstić information content (AvgIpc) is 2.62. The summed E-state index contributed by atoms with van der Waals surface area (Å²) >= 11 is 0. The third kappa shape index (κ3) is 3.62. The van der Waals surface area contributed by atoms with Crippen molar-refractivity contribution in [3.05, 3.63) is 23.9 Å². The second kappa shape index (κ2) is 7.49. The van der Waals surface area contributed by atoms with Crippen LogP contribution in [0.2, 0.25) is 0 Å². The van der Waals surface area contributed by atoms with E-state index in [9.17, 15) is 20.1 Å². The van der Waals surface area contributed by atoms with Crippen LogP contribution in [0.15, 0.2) is 18.2 Å². The normalized spacial score (nSPS) is 38.9. The summed E-state index contributed by atoms with van der Waals surface area (Å²) in [6.45, 7) is 5.83. The fourth-order valence-corrected chi connectivity index (χ4v) is 5.61. The molecule has 0 aliphatic heterocycles. The molecule has 0 radical (unpaired) electrons. The number of carbonyl (C=O) groups is 1. The number of nitrogens with one attached hydrogen (secondary N) is 1. The zero-order valence-corrected chi connectivity index (χ0v) is 16.5. The third-order valence-corrected chi connectivity index (χ3v) is 7.27. The van der Waals surface area contributed by atoms with Crippen LogP contribution < -0.4 is 5.32 Å². The van der Waals surface area contributed by atoms with Gasteiger partial charge in [-0.15, -0.1) is 0 Å². The van der Waals surface area contributed by atoms with Crippen LogP contribution in [0.4, 0.5) is 5.82 Å². The molecule has 1 amide bonds. The lowest BCUT2D eigenvalue weighted by Gasteiger charge is -2.60. The molecule has 0 unspecified atom stereocenters. The molecule has 0 bridgehead atoms. The largest absolute Gasteiger partial charge is 0.396 e. The molecule has 2 saturated carbocycles. The number of aromatic nitrogens is 1. The van der Waals surface area contributed by atoms with E-state index < -0.39 is 17.6 Å². The van der Waals surface area contributed by atoms with Gasteiger partial charge < -0.3 is 20.6 Å². The van der Waals surface area contributed by atoms with Crippen LogP contribution in [0.1, 0.15) is 51.6 Å². The van der Waals surface area contributed by atoms with Crippen molar-refractivity contribution in [3.63, 3.8) is 0 Å². The molecule has 2 fully saturated rings. The first-order valence-electron chi connectivity index (χ1n) is 9.91. The lowest BCUT2D eigenvalue weighted by Crippen LogP contribution is -2.60. The summed E-state index contributed by atoms with van der Waals surface area (Å²) < 4.78 is 0. The summed E-state index contributed by atoms with van der Waals surface area (Å²) in [6, 6.07) is 5.47. The number of amides is 1. The highest BCUT2D eigenvalue weighted by Gasteiger charge is 2.58. The quantitative estimate of drug-likeness (QED) is 0.646. The van der Waals surface area contributed by atoms with E-state index in [0.29, 0.717) is 18.7 Å². The minimum Gasteiger partial charge on any atom is -0.396 e. The number of pyridine rings is 1. The second-order valence-corrected chi connectivity index (χ2v) is 8.94. The van der Waals surface area contributed by atoms with Gasteiger partial charge in [0.05, 0.1) is 18.8 Å². The van der Waals surface area contributed by atoms with E-state index in [1.807, 2.05) is 26.0 Å². The number of hydrogen-bond acceptors (Lipinski definition) is 5. The molecule has 3 rings (SSSR count). The Morgan fingerprint density at radius 2 is 2.00 bits per heavy atom. The van der Waals surface area contributed by atoms with Crippen LogP contribution in [0.25, 0.3) is 0 Å². The van der Waals surface area contributed by atoms with E-state index in [-0.39, 0.29) is 36.2 Å². The predicted molar refractivity (Wildman–Crippen MR) is 103 cm³/mol. The van der Waals surface area contributed by atoms with Crippen molar-refractivity contribution in [2.24, 2.45) is 22.7 Å². The maximum absolute atomic E-state index is 12.7. The van der Waals surface area contributed by atoms with Gasteiger partial charge in [-0.05, 0) is 62.0 Å². The van der Waals surface area contributed by atoms with E-state index >= 15 is 0 Å². The summed E-state index contributed by atoms with van der Waals surface area (Å²) in [5.41, 5.74) is -0.0661. The van der Waals surface area contributed by atoms with Gasteiger partial charge in [0.15, 0.2) is 0 Å². The van der Waals surface area contributed by atoms with Gasteiger partial charge in [-0.25, -0.2) is 4.98 Å². The van der Waals surface area contributed by atoms with Gasteiger partial charge in [0.2, 0.25) is 5.91 Å². The number of carbonyl (C=O) groups excluding carboxylic acids is 1. The van der Waals surface area contributed by atoms with E-state index in [1.54, 1.807) is 6.07 Å². The zero-order chi connectivity index (χ0) is 19.8. The zero-order valence-electron chi connectivity index (χ0n) is 16.5. The molecule has 2 aliphatic rings. The Balaban J connectivity index is 1.80. The number of aryl methyl sites for hydroxylation is 1. The van der Waals surface area contributed by atoms with E-state index in [1.165, 1.54) is 0 Å².